The number of aliphatic carboxylic acids is 1. The number of nitrogens with zero attached hydrogens (tertiary/aromatic N) is 1. The zero-order chi connectivity index (χ0) is 17.6. The second-order valence-electron chi connectivity index (χ2n) is 7.17. The van der Waals surface area contributed by atoms with E-state index >= 15 is 0 Å². The van der Waals surface area contributed by atoms with E-state index in [9.17, 15) is 9.59 Å². The Hall–Kier alpha value is -1.88. The zero-order valence-electron chi connectivity index (χ0n) is 14.6. The fourth-order valence-corrected chi connectivity index (χ4v) is 3.96. The fraction of sp³-hybridized carbons (Fsp3) is 0.600. The van der Waals surface area contributed by atoms with Crippen molar-refractivity contribution in [3.63, 3.8) is 0 Å². The van der Waals surface area contributed by atoms with Crippen molar-refractivity contribution in [2.24, 2.45) is 11.8 Å². The Morgan fingerprint density at radius 3 is 2.32 bits per heavy atom. The van der Waals surface area contributed by atoms with Crippen molar-refractivity contribution in [3.8, 4) is 0 Å². The molecular weight excluding hydrogens is 318 g/mol. The maximum absolute atomic E-state index is 13.1. The van der Waals surface area contributed by atoms with Crippen LogP contribution in [0.1, 0.15) is 37.7 Å². The number of hydrogen-bond donors (Lipinski definition) is 1. The maximum Gasteiger partial charge on any atom is 0.306 e. The molecule has 0 aromatic heterocycles. The van der Waals surface area contributed by atoms with E-state index in [1.54, 1.807) is 0 Å². The van der Waals surface area contributed by atoms with Gasteiger partial charge in [0.25, 0.3) is 0 Å². The van der Waals surface area contributed by atoms with Gasteiger partial charge >= 0.3 is 5.97 Å². The van der Waals surface area contributed by atoms with E-state index in [2.05, 4.69) is 12.1 Å². The number of amides is 1. The third-order valence-corrected chi connectivity index (χ3v) is 5.54. The molecule has 1 aliphatic heterocycles. The molecule has 5 heteroatoms. The summed E-state index contributed by atoms with van der Waals surface area (Å²) in [6.07, 6.45) is 4.33. The van der Waals surface area contributed by atoms with Crippen molar-refractivity contribution in [2.45, 2.75) is 44.6 Å². The number of carboxylic acids is 1. The molecule has 1 amide bonds. The van der Waals surface area contributed by atoms with Gasteiger partial charge in [-0.1, -0.05) is 30.3 Å². The summed E-state index contributed by atoms with van der Waals surface area (Å²) in [6.45, 7) is 2.03. The minimum atomic E-state index is -0.726. The largest absolute Gasteiger partial charge is 0.481 e. The quantitative estimate of drug-likeness (QED) is 0.861. The molecule has 136 valence electrons. The average molecular weight is 345 g/mol. The van der Waals surface area contributed by atoms with Crippen LogP contribution in [0.15, 0.2) is 30.3 Å². The first kappa shape index (κ1) is 17.9. The van der Waals surface area contributed by atoms with E-state index in [0.29, 0.717) is 45.4 Å². The van der Waals surface area contributed by atoms with Gasteiger partial charge in [0.15, 0.2) is 0 Å². The van der Waals surface area contributed by atoms with Crippen molar-refractivity contribution in [3.05, 3.63) is 35.9 Å². The molecule has 0 spiro atoms. The minimum absolute atomic E-state index is 0.0352. The Balaban J connectivity index is 1.62. The van der Waals surface area contributed by atoms with Crippen molar-refractivity contribution in [2.75, 3.05) is 19.8 Å². The summed E-state index contributed by atoms with van der Waals surface area (Å²) in [7, 11) is 0. The van der Waals surface area contributed by atoms with Crippen LogP contribution in [0, 0.1) is 11.8 Å². The van der Waals surface area contributed by atoms with Crippen LogP contribution in [0.25, 0.3) is 0 Å². The van der Waals surface area contributed by atoms with Crippen molar-refractivity contribution in [1.29, 1.82) is 0 Å². The molecular formula is C20H27NO4. The van der Waals surface area contributed by atoms with Gasteiger partial charge in [0.2, 0.25) is 5.91 Å². The van der Waals surface area contributed by atoms with Crippen molar-refractivity contribution in [1.82, 2.24) is 4.90 Å². The van der Waals surface area contributed by atoms with Crippen LogP contribution in [0.4, 0.5) is 0 Å². The minimum Gasteiger partial charge on any atom is -0.481 e. The first-order chi connectivity index (χ1) is 12.1. The second-order valence-corrected chi connectivity index (χ2v) is 7.17. The van der Waals surface area contributed by atoms with Gasteiger partial charge in [-0.25, -0.2) is 0 Å². The molecule has 1 atom stereocenters. The molecule has 0 radical (unpaired) electrons. The van der Waals surface area contributed by atoms with Crippen LogP contribution >= 0.6 is 0 Å². The standard InChI is InChI=1S/C20H27NO4/c22-19(16-6-8-17(9-7-16)20(23)24)21(18-11-13-25-14-18)12-10-15-4-2-1-3-5-15/h1-5,16-18H,6-14H2,(H,23,24)/t16?,17?,18-/m0/s1. The number of rotatable bonds is 6. The van der Waals surface area contributed by atoms with Gasteiger partial charge in [0, 0.05) is 19.1 Å². The van der Waals surface area contributed by atoms with Crippen LogP contribution < -0.4 is 0 Å². The van der Waals surface area contributed by atoms with Crippen LogP contribution in [-0.2, 0) is 20.7 Å². The molecule has 1 aromatic rings. The van der Waals surface area contributed by atoms with Crippen molar-refractivity contribution < 1.29 is 19.4 Å². The van der Waals surface area contributed by atoms with E-state index in [1.165, 1.54) is 5.56 Å². The van der Waals surface area contributed by atoms with E-state index in [4.69, 9.17) is 9.84 Å². The molecule has 1 aliphatic carbocycles. The van der Waals surface area contributed by atoms with Crippen LogP contribution in [0.3, 0.4) is 0 Å². The lowest BCUT2D eigenvalue weighted by Gasteiger charge is -2.34. The highest BCUT2D eigenvalue weighted by Gasteiger charge is 2.35. The van der Waals surface area contributed by atoms with E-state index in [1.807, 2.05) is 23.1 Å². The predicted molar refractivity (Wildman–Crippen MR) is 94.2 cm³/mol. The van der Waals surface area contributed by atoms with Gasteiger partial charge in [-0.3, -0.25) is 9.59 Å². The Kier molecular flexibility index (Phi) is 6.08. The van der Waals surface area contributed by atoms with E-state index in [-0.39, 0.29) is 23.8 Å². The SMILES string of the molecule is O=C(O)C1CCC(C(=O)N(CCc2ccccc2)[C@H]2CCOC2)CC1. The molecule has 1 heterocycles. The Morgan fingerprint density at radius 1 is 1.04 bits per heavy atom. The highest BCUT2D eigenvalue weighted by molar-refractivity contribution is 5.80. The molecule has 25 heavy (non-hydrogen) atoms. The first-order valence-electron chi connectivity index (χ1n) is 9.30. The molecule has 2 aliphatic rings. The molecule has 2 fully saturated rings. The average Bonchev–Trinajstić information content (AvgIpc) is 3.17. The van der Waals surface area contributed by atoms with Gasteiger partial charge in [0.05, 0.1) is 18.6 Å². The van der Waals surface area contributed by atoms with Crippen LogP contribution in [0.2, 0.25) is 0 Å². The van der Waals surface area contributed by atoms with Crippen molar-refractivity contribution >= 4 is 11.9 Å². The lowest BCUT2D eigenvalue weighted by atomic mass is 9.81. The summed E-state index contributed by atoms with van der Waals surface area (Å²) >= 11 is 0. The summed E-state index contributed by atoms with van der Waals surface area (Å²) in [5.41, 5.74) is 1.23. The monoisotopic (exact) mass is 345 g/mol. The number of carbonyl (C=O) groups is 2. The number of carboxylic acid groups (broad SMARTS) is 1. The highest BCUT2D eigenvalue weighted by atomic mass is 16.5. The molecule has 1 N–H and O–H groups in total. The zero-order valence-corrected chi connectivity index (χ0v) is 14.6. The highest BCUT2D eigenvalue weighted by Crippen LogP contribution is 2.31. The molecule has 0 bridgehead atoms. The number of carbonyl (C=O) groups excluding carboxylic acids is 1. The summed E-state index contributed by atoms with van der Waals surface area (Å²) < 4.78 is 5.50. The second kappa shape index (κ2) is 8.48. The predicted octanol–water partition coefficient (Wildman–Crippen LogP) is 2.74. The smallest absolute Gasteiger partial charge is 0.306 e. The normalized spacial score (nSPS) is 26.3. The Morgan fingerprint density at radius 2 is 1.72 bits per heavy atom. The van der Waals surface area contributed by atoms with Gasteiger partial charge in [-0.05, 0) is 44.1 Å². The fourth-order valence-electron chi connectivity index (χ4n) is 3.96. The lowest BCUT2D eigenvalue weighted by Crippen LogP contribution is -2.46. The van der Waals surface area contributed by atoms with Gasteiger partial charge in [-0.15, -0.1) is 0 Å². The molecule has 3 rings (SSSR count). The first-order valence-corrected chi connectivity index (χ1v) is 9.30. The van der Waals surface area contributed by atoms with E-state index < -0.39 is 5.97 Å². The topological polar surface area (TPSA) is 66.8 Å². The number of benzene rings is 1. The molecule has 1 aromatic carbocycles. The summed E-state index contributed by atoms with van der Waals surface area (Å²) in [5.74, 6) is -0.852. The summed E-state index contributed by atoms with van der Waals surface area (Å²) in [5, 5.41) is 9.14. The van der Waals surface area contributed by atoms with Crippen LogP contribution in [0.5, 0.6) is 0 Å². The van der Waals surface area contributed by atoms with Crippen LogP contribution in [-0.4, -0.2) is 47.7 Å². The Bertz CT molecular complexity index is 575. The summed E-state index contributed by atoms with van der Waals surface area (Å²) in [4.78, 5) is 26.2. The number of ether oxygens (including phenoxy) is 1. The third-order valence-electron chi connectivity index (χ3n) is 5.54. The third kappa shape index (κ3) is 4.60. The lowest BCUT2D eigenvalue weighted by molar-refractivity contribution is -0.146. The van der Waals surface area contributed by atoms with Gasteiger partial charge < -0.3 is 14.7 Å². The maximum atomic E-state index is 13.1. The van der Waals surface area contributed by atoms with E-state index in [0.717, 1.165) is 12.8 Å². The number of hydrogen-bond acceptors (Lipinski definition) is 3. The molecule has 1 saturated heterocycles. The van der Waals surface area contributed by atoms with Gasteiger partial charge in [-0.2, -0.15) is 0 Å². The molecule has 1 saturated carbocycles. The summed E-state index contributed by atoms with van der Waals surface area (Å²) in [6, 6.07) is 10.4. The van der Waals surface area contributed by atoms with Gasteiger partial charge in [0.1, 0.15) is 0 Å². The molecule has 5 nitrogen and oxygen atoms in total. The Labute approximate surface area is 149 Å². The molecule has 0 unspecified atom stereocenters.